The number of rotatable bonds is 18. The van der Waals surface area contributed by atoms with Crippen LogP contribution in [-0.4, -0.2) is 51.3 Å². The molecule has 0 amide bonds. The molecule has 2 aliphatic carbocycles. The summed E-state index contributed by atoms with van der Waals surface area (Å²) in [5.74, 6) is 3.56. The molecule has 236 valence electrons. The normalized spacial score (nSPS) is 23.5. The quantitative estimate of drug-likeness (QED) is 0.0752. The Morgan fingerprint density at radius 3 is 2.02 bits per heavy atom. The molecule has 0 bridgehead atoms. The predicted molar refractivity (Wildman–Crippen MR) is 177 cm³/mol. The van der Waals surface area contributed by atoms with Gasteiger partial charge in [0, 0.05) is 18.0 Å². The predicted octanol–water partition coefficient (Wildman–Crippen LogP) is 9.15. The summed E-state index contributed by atoms with van der Waals surface area (Å²) in [5, 5.41) is 0. The van der Waals surface area contributed by atoms with Gasteiger partial charge in [-0.25, -0.2) is 4.79 Å². The van der Waals surface area contributed by atoms with Crippen LogP contribution in [0.4, 0.5) is 0 Å². The number of benzene rings is 1. The van der Waals surface area contributed by atoms with Crippen molar-refractivity contribution in [2.45, 2.75) is 110 Å². The molecule has 4 heteroatoms. The molecule has 4 nitrogen and oxygen atoms in total. The van der Waals surface area contributed by atoms with E-state index in [-0.39, 0.29) is 18.5 Å². The third kappa shape index (κ3) is 12.4. The Morgan fingerprint density at radius 2 is 1.48 bits per heavy atom. The molecule has 42 heavy (non-hydrogen) atoms. The highest BCUT2D eigenvalue weighted by molar-refractivity contribution is 5.88. The van der Waals surface area contributed by atoms with E-state index in [4.69, 9.17) is 9.47 Å². The fraction of sp³-hybridized carbons (Fsp3) is 0.711. The third-order valence-electron chi connectivity index (χ3n) is 9.84. The molecule has 1 aromatic carbocycles. The lowest BCUT2D eigenvalue weighted by molar-refractivity contribution is -0.140. The van der Waals surface area contributed by atoms with Gasteiger partial charge in [0.2, 0.25) is 0 Å². The number of aryl methyl sites for hydroxylation is 1. The lowest BCUT2D eigenvalue weighted by Gasteiger charge is -2.38. The monoisotopic (exact) mass is 579 g/mol. The number of nitrogens with zero attached hydrogens (tertiary/aromatic N) is 1. The molecule has 2 saturated carbocycles. The van der Waals surface area contributed by atoms with Gasteiger partial charge in [-0.3, -0.25) is 0 Å². The zero-order chi connectivity index (χ0) is 30.3. The molecule has 2 fully saturated rings. The number of ether oxygens (including phenoxy) is 2. The third-order valence-corrected chi connectivity index (χ3v) is 9.84. The number of unbranched alkanes of at least 4 members (excludes halogenated alkanes) is 2. The van der Waals surface area contributed by atoms with E-state index >= 15 is 0 Å². The summed E-state index contributed by atoms with van der Waals surface area (Å²) in [5.41, 5.74) is 4.00. The summed E-state index contributed by atoms with van der Waals surface area (Å²) in [7, 11) is 3.83. The van der Waals surface area contributed by atoms with Crippen LogP contribution in [0, 0.1) is 23.7 Å². The number of hydrogen-bond acceptors (Lipinski definition) is 4. The van der Waals surface area contributed by atoms with Gasteiger partial charge < -0.3 is 14.4 Å². The molecule has 0 heterocycles. The Balaban J connectivity index is 1.42. The van der Waals surface area contributed by atoms with E-state index in [0.717, 1.165) is 41.2 Å². The summed E-state index contributed by atoms with van der Waals surface area (Å²) < 4.78 is 11.5. The van der Waals surface area contributed by atoms with Crippen LogP contribution in [0.3, 0.4) is 0 Å². The minimum absolute atomic E-state index is 0.0174. The van der Waals surface area contributed by atoms with Gasteiger partial charge in [-0.2, -0.15) is 0 Å². The van der Waals surface area contributed by atoms with Crippen molar-refractivity contribution in [2.24, 2.45) is 23.7 Å². The van der Waals surface area contributed by atoms with Gasteiger partial charge in [0.1, 0.15) is 6.61 Å². The second-order valence-corrected chi connectivity index (χ2v) is 13.9. The smallest absolute Gasteiger partial charge is 0.334 e. The fourth-order valence-corrected chi connectivity index (χ4v) is 7.25. The molecule has 0 spiro atoms. The van der Waals surface area contributed by atoms with Crippen molar-refractivity contribution in [1.29, 1.82) is 0 Å². The van der Waals surface area contributed by atoms with E-state index in [1.54, 1.807) is 0 Å². The van der Waals surface area contributed by atoms with Gasteiger partial charge >= 0.3 is 5.97 Å². The summed E-state index contributed by atoms with van der Waals surface area (Å²) in [6, 6.07) is 8.92. The molecular weight excluding hydrogens is 518 g/mol. The maximum absolute atomic E-state index is 12.4. The van der Waals surface area contributed by atoms with E-state index in [1.807, 2.05) is 25.9 Å². The van der Waals surface area contributed by atoms with Crippen molar-refractivity contribution >= 4 is 5.97 Å². The van der Waals surface area contributed by atoms with Gasteiger partial charge in [0.25, 0.3) is 0 Å². The minimum Gasteiger partial charge on any atom is -0.462 e. The first-order valence-corrected chi connectivity index (χ1v) is 17.1. The Labute approximate surface area is 258 Å². The Morgan fingerprint density at radius 1 is 0.881 bits per heavy atom. The van der Waals surface area contributed by atoms with Crippen molar-refractivity contribution in [1.82, 2.24) is 4.90 Å². The van der Waals surface area contributed by atoms with E-state index < -0.39 is 0 Å². The van der Waals surface area contributed by atoms with Crippen LogP contribution in [0.2, 0.25) is 0 Å². The minimum atomic E-state index is -0.338. The van der Waals surface area contributed by atoms with Crippen LogP contribution >= 0.6 is 0 Å². The molecule has 1 aromatic rings. The maximum atomic E-state index is 12.4. The zero-order valence-electron chi connectivity index (χ0n) is 27.5. The van der Waals surface area contributed by atoms with Crippen molar-refractivity contribution in [3.8, 4) is 0 Å². The van der Waals surface area contributed by atoms with Crippen LogP contribution in [-0.2, 0) is 20.7 Å². The topological polar surface area (TPSA) is 38.8 Å². The summed E-state index contributed by atoms with van der Waals surface area (Å²) >= 11 is 0. The molecule has 0 saturated heterocycles. The highest BCUT2D eigenvalue weighted by atomic mass is 16.5. The average Bonchev–Trinajstić information content (AvgIpc) is 2.98. The van der Waals surface area contributed by atoms with Gasteiger partial charge in [-0.05, 0) is 94.3 Å². The second-order valence-electron chi connectivity index (χ2n) is 13.9. The number of carbonyl (C=O) groups excluding carboxylic acids is 1. The van der Waals surface area contributed by atoms with Crippen LogP contribution in [0.5, 0.6) is 0 Å². The molecule has 0 aromatic heterocycles. The standard InChI is InChI=1S/C38H61NO3/c1-7-8-9-10-31-13-19-34(20-14-31)35-21-15-32(16-22-35)11-12-33-17-23-36(24-18-33)37(27-41-26-29(2)3)28-42-38(40)30(4)25-39(5)6/h17-18,23-24,31-32,34-35,37H,2,4,7-16,19-22,25-28H2,1,3,5-6H3. The number of hydrogen-bond donors (Lipinski definition) is 0. The van der Waals surface area contributed by atoms with Crippen LogP contribution in [0.25, 0.3) is 0 Å². The van der Waals surface area contributed by atoms with Crippen molar-refractivity contribution in [3.63, 3.8) is 0 Å². The zero-order valence-corrected chi connectivity index (χ0v) is 27.5. The molecule has 0 radical (unpaired) electrons. The SMILES string of the molecule is C=C(C)COCC(COC(=O)C(=C)CN(C)C)c1ccc(CCC2CCC(C3CCC(CCCCC)CC3)CC2)cc1. The second kappa shape index (κ2) is 18.7. The van der Waals surface area contributed by atoms with Gasteiger partial charge in [-0.1, -0.05) is 101 Å². The Kier molecular flexibility index (Phi) is 15.4. The summed E-state index contributed by atoms with van der Waals surface area (Å²) in [6.45, 7) is 13.9. The fourth-order valence-electron chi connectivity index (χ4n) is 7.25. The van der Waals surface area contributed by atoms with Gasteiger partial charge in [0.05, 0.1) is 13.2 Å². The van der Waals surface area contributed by atoms with Crippen molar-refractivity contribution in [2.75, 3.05) is 40.5 Å². The molecule has 1 atom stereocenters. The molecular formula is C38H61NO3. The molecule has 3 rings (SSSR count). The van der Waals surface area contributed by atoms with Gasteiger partial charge in [-0.15, -0.1) is 0 Å². The largest absolute Gasteiger partial charge is 0.462 e. The summed E-state index contributed by atoms with van der Waals surface area (Å²) in [6.07, 6.45) is 19.9. The first kappa shape index (κ1) is 34.6. The molecule has 1 unspecified atom stereocenters. The lowest BCUT2D eigenvalue weighted by atomic mass is 9.68. The number of carbonyl (C=O) groups is 1. The van der Waals surface area contributed by atoms with E-state index in [9.17, 15) is 4.79 Å². The highest BCUT2D eigenvalue weighted by Gasteiger charge is 2.30. The van der Waals surface area contributed by atoms with Gasteiger partial charge in [0.15, 0.2) is 0 Å². The first-order chi connectivity index (χ1) is 20.2. The Hall–Kier alpha value is -1.91. The van der Waals surface area contributed by atoms with Crippen molar-refractivity contribution < 1.29 is 14.3 Å². The van der Waals surface area contributed by atoms with Crippen LogP contribution in [0.15, 0.2) is 48.6 Å². The highest BCUT2D eigenvalue weighted by Crippen LogP contribution is 2.43. The number of esters is 1. The van der Waals surface area contributed by atoms with Crippen molar-refractivity contribution in [3.05, 3.63) is 59.7 Å². The van der Waals surface area contributed by atoms with E-state index in [0.29, 0.717) is 25.3 Å². The lowest BCUT2D eigenvalue weighted by Crippen LogP contribution is -2.26. The summed E-state index contributed by atoms with van der Waals surface area (Å²) in [4.78, 5) is 14.4. The molecule has 2 aliphatic rings. The van der Waals surface area contributed by atoms with E-state index in [1.165, 1.54) is 89.0 Å². The van der Waals surface area contributed by atoms with Crippen LogP contribution in [0.1, 0.15) is 114 Å². The van der Waals surface area contributed by atoms with Crippen LogP contribution < -0.4 is 0 Å². The Bertz CT molecular complexity index is 936. The number of likely N-dealkylation sites (N-methyl/N-ethyl adjacent to an activating group) is 1. The van der Waals surface area contributed by atoms with E-state index in [2.05, 4.69) is 44.3 Å². The molecule has 0 N–H and O–H groups in total. The average molecular weight is 580 g/mol. The maximum Gasteiger partial charge on any atom is 0.334 e. The molecule has 0 aliphatic heterocycles. The first-order valence-electron chi connectivity index (χ1n) is 17.1.